The molecule has 0 spiro atoms. The quantitative estimate of drug-likeness (QED) is 0.422. The highest BCUT2D eigenvalue weighted by Crippen LogP contribution is 2.18. The van der Waals surface area contributed by atoms with E-state index in [1.165, 1.54) is 44.7 Å². The number of guanidine groups is 1. The highest BCUT2D eigenvalue weighted by molar-refractivity contribution is 7.07. The van der Waals surface area contributed by atoms with Crippen molar-refractivity contribution in [2.24, 2.45) is 4.99 Å². The van der Waals surface area contributed by atoms with E-state index >= 15 is 0 Å². The first kappa shape index (κ1) is 20.2. The van der Waals surface area contributed by atoms with Gasteiger partial charge in [-0.05, 0) is 68.8 Å². The average Bonchev–Trinajstić information content (AvgIpc) is 3.07. The molecule has 1 atom stereocenters. The standard InChI is InChI=1S/C19H35N5S/c1-4-20-19(22-15-17(2)18-7-14-25-16-18)21-8-5-10-24-11-6-9-23(3)12-13-24/h7,14,16-17H,4-6,8-13,15H2,1-3H3,(H2,20,21,22). The van der Waals surface area contributed by atoms with Crippen LogP contribution < -0.4 is 10.6 Å². The molecule has 1 aliphatic rings. The number of thiophene rings is 1. The molecule has 0 bridgehead atoms. The molecule has 0 aliphatic carbocycles. The van der Waals surface area contributed by atoms with Crippen molar-refractivity contribution in [3.63, 3.8) is 0 Å². The number of nitrogens with zero attached hydrogens (tertiary/aromatic N) is 3. The van der Waals surface area contributed by atoms with E-state index < -0.39 is 0 Å². The fourth-order valence-electron chi connectivity index (χ4n) is 3.06. The van der Waals surface area contributed by atoms with E-state index in [-0.39, 0.29) is 0 Å². The van der Waals surface area contributed by atoms with Crippen molar-refractivity contribution in [1.29, 1.82) is 0 Å². The van der Waals surface area contributed by atoms with Crippen molar-refractivity contribution in [2.45, 2.75) is 32.6 Å². The first-order valence-corrected chi connectivity index (χ1v) is 10.6. The molecule has 1 fully saturated rings. The van der Waals surface area contributed by atoms with Gasteiger partial charge in [-0.25, -0.2) is 0 Å². The molecule has 1 aromatic rings. The highest BCUT2D eigenvalue weighted by atomic mass is 32.1. The van der Waals surface area contributed by atoms with Crippen LogP contribution >= 0.6 is 11.3 Å². The molecule has 1 saturated heterocycles. The van der Waals surface area contributed by atoms with E-state index in [0.29, 0.717) is 5.92 Å². The average molecular weight is 366 g/mol. The first-order valence-electron chi connectivity index (χ1n) is 9.64. The smallest absolute Gasteiger partial charge is 0.191 e. The zero-order valence-corrected chi connectivity index (χ0v) is 16.9. The largest absolute Gasteiger partial charge is 0.357 e. The molecule has 1 aliphatic heterocycles. The second-order valence-electron chi connectivity index (χ2n) is 6.96. The SMILES string of the molecule is CCNC(=NCC(C)c1ccsc1)NCCCN1CCCN(C)CC1. The lowest BCUT2D eigenvalue weighted by Crippen LogP contribution is -2.39. The fraction of sp³-hybridized carbons (Fsp3) is 0.737. The van der Waals surface area contributed by atoms with Crippen molar-refractivity contribution in [2.75, 3.05) is 59.4 Å². The Balaban J connectivity index is 1.68. The summed E-state index contributed by atoms with van der Waals surface area (Å²) in [4.78, 5) is 9.78. The van der Waals surface area contributed by atoms with E-state index in [4.69, 9.17) is 4.99 Å². The Morgan fingerprint density at radius 3 is 2.92 bits per heavy atom. The van der Waals surface area contributed by atoms with Gasteiger partial charge < -0.3 is 20.4 Å². The lowest BCUT2D eigenvalue weighted by Gasteiger charge is -2.20. The van der Waals surface area contributed by atoms with Crippen LogP contribution in [0.25, 0.3) is 0 Å². The Labute approximate surface area is 157 Å². The van der Waals surface area contributed by atoms with Crippen LogP contribution in [-0.2, 0) is 0 Å². The third-order valence-electron chi connectivity index (χ3n) is 4.74. The van der Waals surface area contributed by atoms with Gasteiger partial charge in [0.1, 0.15) is 0 Å². The highest BCUT2D eigenvalue weighted by Gasteiger charge is 2.11. The third-order valence-corrected chi connectivity index (χ3v) is 5.44. The first-order chi connectivity index (χ1) is 12.2. The van der Waals surface area contributed by atoms with Gasteiger partial charge in [0.25, 0.3) is 0 Å². The number of likely N-dealkylation sites (N-methyl/N-ethyl adjacent to an activating group) is 1. The van der Waals surface area contributed by atoms with Crippen LogP contribution in [0, 0.1) is 0 Å². The minimum atomic E-state index is 0.468. The Hall–Kier alpha value is -1.11. The Kier molecular flexibility index (Phi) is 9.29. The van der Waals surface area contributed by atoms with Crippen molar-refractivity contribution >= 4 is 17.3 Å². The van der Waals surface area contributed by atoms with Gasteiger partial charge in [0.2, 0.25) is 0 Å². The van der Waals surface area contributed by atoms with Crippen molar-refractivity contribution in [3.05, 3.63) is 22.4 Å². The molecule has 5 nitrogen and oxygen atoms in total. The van der Waals surface area contributed by atoms with Crippen LogP contribution in [0.15, 0.2) is 21.8 Å². The maximum Gasteiger partial charge on any atom is 0.191 e. The van der Waals surface area contributed by atoms with Gasteiger partial charge in [-0.1, -0.05) is 6.92 Å². The summed E-state index contributed by atoms with van der Waals surface area (Å²) in [6.45, 7) is 13.1. The van der Waals surface area contributed by atoms with E-state index in [2.05, 4.69) is 58.2 Å². The summed E-state index contributed by atoms with van der Waals surface area (Å²) in [5, 5.41) is 11.2. The molecule has 0 aromatic carbocycles. The summed E-state index contributed by atoms with van der Waals surface area (Å²) in [6.07, 6.45) is 2.45. The van der Waals surface area contributed by atoms with E-state index in [9.17, 15) is 0 Å². The second-order valence-corrected chi connectivity index (χ2v) is 7.74. The van der Waals surface area contributed by atoms with Gasteiger partial charge in [0, 0.05) is 38.6 Å². The summed E-state index contributed by atoms with van der Waals surface area (Å²) < 4.78 is 0. The molecule has 0 radical (unpaired) electrons. The predicted molar refractivity (Wildman–Crippen MR) is 110 cm³/mol. The van der Waals surface area contributed by atoms with Crippen molar-refractivity contribution < 1.29 is 0 Å². The van der Waals surface area contributed by atoms with Gasteiger partial charge in [-0.2, -0.15) is 11.3 Å². The van der Waals surface area contributed by atoms with Crippen LogP contribution in [0.1, 0.15) is 38.2 Å². The van der Waals surface area contributed by atoms with Crippen LogP contribution in [0.5, 0.6) is 0 Å². The van der Waals surface area contributed by atoms with E-state index in [1.807, 2.05) is 0 Å². The van der Waals surface area contributed by atoms with Crippen LogP contribution in [0.3, 0.4) is 0 Å². The van der Waals surface area contributed by atoms with Gasteiger partial charge in [0.05, 0.1) is 0 Å². The minimum absolute atomic E-state index is 0.468. The van der Waals surface area contributed by atoms with E-state index in [0.717, 1.165) is 32.0 Å². The maximum absolute atomic E-state index is 4.76. The Morgan fingerprint density at radius 1 is 1.28 bits per heavy atom. The fourth-order valence-corrected chi connectivity index (χ4v) is 3.85. The van der Waals surface area contributed by atoms with Crippen LogP contribution in [-0.4, -0.2) is 75.2 Å². The third kappa shape index (κ3) is 7.75. The zero-order valence-electron chi connectivity index (χ0n) is 16.1. The molecule has 1 unspecified atom stereocenters. The number of nitrogens with one attached hydrogen (secondary N) is 2. The monoisotopic (exact) mass is 365 g/mol. The number of aliphatic imine (C=N–C) groups is 1. The summed E-state index contributed by atoms with van der Waals surface area (Å²) in [5.41, 5.74) is 1.38. The maximum atomic E-state index is 4.76. The van der Waals surface area contributed by atoms with Crippen molar-refractivity contribution in [3.8, 4) is 0 Å². The number of hydrogen-bond acceptors (Lipinski definition) is 4. The van der Waals surface area contributed by atoms with E-state index in [1.54, 1.807) is 11.3 Å². The Morgan fingerprint density at radius 2 is 2.16 bits per heavy atom. The molecular weight excluding hydrogens is 330 g/mol. The molecule has 142 valence electrons. The summed E-state index contributed by atoms with van der Waals surface area (Å²) >= 11 is 1.76. The summed E-state index contributed by atoms with van der Waals surface area (Å²) in [6, 6.07) is 2.20. The summed E-state index contributed by atoms with van der Waals surface area (Å²) in [7, 11) is 2.22. The molecule has 1 aromatic heterocycles. The molecular formula is C19H35N5S. The summed E-state index contributed by atoms with van der Waals surface area (Å²) in [5.74, 6) is 1.41. The van der Waals surface area contributed by atoms with Gasteiger partial charge >= 0.3 is 0 Å². The lowest BCUT2D eigenvalue weighted by molar-refractivity contribution is 0.274. The van der Waals surface area contributed by atoms with Crippen LogP contribution in [0.4, 0.5) is 0 Å². The number of hydrogen-bond donors (Lipinski definition) is 2. The molecule has 2 heterocycles. The normalized spacial score (nSPS) is 18.8. The van der Waals surface area contributed by atoms with Gasteiger partial charge in [-0.3, -0.25) is 4.99 Å². The van der Waals surface area contributed by atoms with Gasteiger partial charge in [0.15, 0.2) is 5.96 Å². The predicted octanol–water partition coefficient (Wildman–Crippen LogP) is 2.43. The molecule has 25 heavy (non-hydrogen) atoms. The number of rotatable bonds is 8. The molecule has 0 amide bonds. The Bertz CT molecular complexity index is 488. The molecule has 0 saturated carbocycles. The van der Waals surface area contributed by atoms with Crippen molar-refractivity contribution in [1.82, 2.24) is 20.4 Å². The second kappa shape index (κ2) is 11.5. The van der Waals surface area contributed by atoms with Crippen LogP contribution in [0.2, 0.25) is 0 Å². The topological polar surface area (TPSA) is 42.9 Å². The minimum Gasteiger partial charge on any atom is -0.357 e. The zero-order chi connectivity index (χ0) is 17.9. The molecule has 2 N–H and O–H groups in total. The molecule has 6 heteroatoms. The van der Waals surface area contributed by atoms with Gasteiger partial charge in [-0.15, -0.1) is 0 Å². The lowest BCUT2D eigenvalue weighted by atomic mass is 10.1. The molecule has 2 rings (SSSR count).